The van der Waals surface area contributed by atoms with E-state index < -0.39 is 11.4 Å². The fourth-order valence-electron chi connectivity index (χ4n) is 2.62. The summed E-state index contributed by atoms with van der Waals surface area (Å²) in [6.07, 6.45) is 0. The van der Waals surface area contributed by atoms with Gasteiger partial charge in [-0.3, -0.25) is 0 Å². The van der Waals surface area contributed by atoms with E-state index in [1.54, 1.807) is 0 Å². The molecule has 2 aromatic rings. The van der Waals surface area contributed by atoms with Crippen LogP contribution in [-0.4, -0.2) is 12.4 Å². The van der Waals surface area contributed by atoms with Gasteiger partial charge in [0.25, 0.3) is 0 Å². The lowest BCUT2D eigenvalue weighted by Gasteiger charge is -2.30. The van der Waals surface area contributed by atoms with Crippen molar-refractivity contribution in [3.63, 3.8) is 0 Å². The predicted octanol–water partition coefficient (Wildman–Crippen LogP) is 3.71. The van der Waals surface area contributed by atoms with Gasteiger partial charge in [0.05, 0.1) is 6.61 Å². The monoisotopic (exact) mass is 254 g/mol. The molecule has 1 heterocycles. The quantitative estimate of drug-likeness (QED) is 0.813. The Labute approximate surface area is 114 Å². The van der Waals surface area contributed by atoms with Crippen molar-refractivity contribution >= 4 is 0 Å². The molecule has 0 saturated carbocycles. The van der Waals surface area contributed by atoms with Crippen LogP contribution in [0, 0.1) is 0 Å². The summed E-state index contributed by atoms with van der Waals surface area (Å²) < 4.78 is 12.1. The Kier molecular flexibility index (Phi) is 2.92. The molecule has 0 aliphatic carbocycles. The lowest BCUT2D eigenvalue weighted by molar-refractivity contribution is -0.154. The Morgan fingerprint density at radius 1 is 0.789 bits per heavy atom. The molecule has 1 fully saturated rings. The van der Waals surface area contributed by atoms with Crippen molar-refractivity contribution < 1.29 is 9.47 Å². The third-order valence-corrected chi connectivity index (χ3v) is 3.52. The first-order valence-electron chi connectivity index (χ1n) is 6.58. The molecule has 19 heavy (non-hydrogen) atoms. The summed E-state index contributed by atoms with van der Waals surface area (Å²) >= 11 is 0. The Morgan fingerprint density at radius 2 is 1.26 bits per heavy atom. The second-order valence-corrected chi connectivity index (χ2v) is 5.35. The molecule has 0 radical (unpaired) electrons. The molecule has 2 nitrogen and oxygen atoms in total. The van der Waals surface area contributed by atoms with Crippen molar-refractivity contribution in [2.24, 2.45) is 0 Å². The van der Waals surface area contributed by atoms with Gasteiger partial charge in [0, 0.05) is 0 Å². The zero-order chi connectivity index (χ0) is 13.3. The Hall–Kier alpha value is -1.64. The van der Waals surface area contributed by atoms with E-state index in [0.717, 1.165) is 11.1 Å². The van der Waals surface area contributed by atoms with Gasteiger partial charge in [0.15, 0.2) is 5.79 Å². The maximum atomic E-state index is 6.29. The van der Waals surface area contributed by atoms with Gasteiger partial charge in [-0.15, -0.1) is 0 Å². The molecule has 2 heteroatoms. The van der Waals surface area contributed by atoms with Crippen molar-refractivity contribution in [3.8, 4) is 0 Å². The molecule has 3 rings (SSSR count). The average molecular weight is 254 g/mol. The minimum absolute atomic E-state index is 0.508. The molecule has 0 amide bonds. The van der Waals surface area contributed by atoms with Crippen LogP contribution in [0.25, 0.3) is 0 Å². The normalized spacial score (nSPS) is 20.3. The first kappa shape index (κ1) is 12.4. The van der Waals surface area contributed by atoms with Crippen molar-refractivity contribution in [2.45, 2.75) is 25.2 Å². The second kappa shape index (κ2) is 4.48. The lowest BCUT2D eigenvalue weighted by Crippen LogP contribution is -2.32. The van der Waals surface area contributed by atoms with Crippen LogP contribution in [0.15, 0.2) is 60.7 Å². The van der Waals surface area contributed by atoms with Gasteiger partial charge in [-0.1, -0.05) is 60.7 Å². The smallest absolute Gasteiger partial charge is 0.164 e. The van der Waals surface area contributed by atoms with Gasteiger partial charge in [0.2, 0.25) is 0 Å². The van der Waals surface area contributed by atoms with E-state index in [9.17, 15) is 0 Å². The van der Waals surface area contributed by atoms with E-state index in [-0.39, 0.29) is 0 Å². The van der Waals surface area contributed by atoms with E-state index in [1.807, 2.05) is 50.2 Å². The van der Waals surface area contributed by atoms with E-state index in [0.29, 0.717) is 6.61 Å². The Morgan fingerprint density at radius 3 is 1.63 bits per heavy atom. The highest BCUT2D eigenvalue weighted by molar-refractivity contribution is 5.37. The fraction of sp³-hybridized carbons (Fsp3) is 0.294. The van der Waals surface area contributed by atoms with Crippen molar-refractivity contribution in [3.05, 3.63) is 71.8 Å². The third kappa shape index (κ3) is 2.18. The van der Waals surface area contributed by atoms with Crippen LogP contribution in [0.1, 0.15) is 25.0 Å². The van der Waals surface area contributed by atoms with E-state index in [4.69, 9.17) is 9.47 Å². The van der Waals surface area contributed by atoms with Gasteiger partial charge >= 0.3 is 0 Å². The predicted molar refractivity (Wildman–Crippen MR) is 74.8 cm³/mol. The molecule has 98 valence electrons. The van der Waals surface area contributed by atoms with Crippen LogP contribution in [0.3, 0.4) is 0 Å². The highest BCUT2D eigenvalue weighted by Crippen LogP contribution is 2.43. The number of hydrogen-bond acceptors (Lipinski definition) is 2. The number of ether oxygens (including phenoxy) is 2. The van der Waals surface area contributed by atoms with Crippen LogP contribution in [-0.2, 0) is 15.1 Å². The zero-order valence-corrected chi connectivity index (χ0v) is 11.3. The largest absolute Gasteiger partial charge is 0.347 e. The second-order valence-electron chi connectivity index (χ2n) is 5.35. The first-order chi connectivity index (χ1) is 9.12. The molecule has 1 aliphatic heterocycles. The van der Waals surface area contributed by atoms with Crippen LogP contribution in [0.2, 0.25) is 0 Å². The first-order valence-corrected chi connectivity index (χ1v) is 6.58. The maximum Gasteiger partial charge on any atom is 0.164 e. The van der Waals surface area contributed by atoms with Crippen LogP contribution < -0.4 is 0 Å². The molecule has 0 atom stereocenters. The average Bonchev–Trinajstić information content (AvgIpc) is 2.78. The Balaban J connectivity index is 2.13. The van der Waals surface area contributed by atoms with Crippen LogP contribution in [0.5, 0.6) is 0 Å². The van der Waals surface area contributed by atoms with Crippen LogP contribution >= 0.6 is 0 Å². The van der Waals surface area contributed by atoms with E-state index >= 15 is 0 Å². The van der Waals surface area contributed by atoms with Gasteiger partial charge < -0.3 is 9.47 Å². The number of rotatable bonds is 2. The molecule has 0 unspecified atom stereocenters. The Bertz CT molecular complexity index is 506. The maximum absolute atomic E-state index is 6.29. The summed E-state index contributed by atoms with van der Waals surface area (Å²) in [6.45, 7) is 4.45. The van der Waals surface area contributed by atoms with E-state index in [1.165, 1.54) is 0 Å². The highest BCUT2D eigenvalue weighted by Gasteiger charge is 2.47. The number of hydrogen-bond donors (Lipinski definition) is 0. The highest BCUT2D eigenvalue weighted by atomic mass is 16.8. The summed E-state index contributed by atoms with van der Waals surface area (Å²) in [6, 6.07) is 20.6. The summed E-state index contributed by atoms with van der Waals surface area (Å²) in [5.74, 6) is -0.564. The van der Waals surface area contributed by atoms with Gasteiger partial charge in [-0.2, -0.15) is 0 Å². The van der Waals surface area contributed by atoms with Crippen LogP contribution in [0.4, 0.5) is 0 Å². The molecule has 0 bridgehead atoms. The molecule has 1 saturated heterocycles. The van der Waals surface area contributed by atoms with E-state index in [2.05, 4.69) is 24.3 Å². The standard InChI is InChI=1S/C17H18O2/c1-16(2)18-13-17(19-16,14-9-5-3-6-10-14)15-11-7-4-8-12-15/h3-12H,13H2,1-2H3. The van der Waals surface area contributed by atoms with Crippen molar-refractivity contribution in [1.82, 2.24) is 0 Å². The summed E-state index contributed by atoms with van der Waals surface area (Å²) in [7, 11) is 0. The molecule has 2 aromatic carbocycles. The summed E-state index contributed by atoms with van der Waals surface area (Å²) in [5, 5.41) is 0. The molecule has 1 aliphatic rings. The van der Waals surface area contributed by atoms with Gasteiger partial charge in [-0.25, -0.2) is 0 Å². The van der Waals surface area contributed by atoms with Crippen molar-refractivity contribution in [2.75, 3.05) is 6.61 Å². The summed E-state index contributed by atoms with van der Waals surface area (Å²) in [4.78, 5) is 0. The lowest BCUT2D eigenvalue weighted by atomic mass is 9.87. The van der Waals surface area contributed by atoms with Crippen molar-refractivity contribution in [1.29, 1.82) is 0 Å². The molecular weight excluding hydrogens is 236 g/mol. The number of benzene rings is 2. The molecular formula is C17H18O2. The topological polar surface area (TPSA) is 18.5 Å². The fourth-order valence-corrected chi connectivity index (χ4v) is 2.62. The van der Waals surface area contributed by atoms with Gasteiger partial charge in [0.1, 0.15) is 5.60 Å². The minimum atomic E-state index is -0.564. The minimum Gasteiger partial charge on any atom is -0.347 e. The molecule has 0 N–H and O–H groups in total. The molecule has 0 spiro atoms. The zero-order valence-electron chi connectivity index (χ0n) is 11.3. The SMILES string of the molecule is CC1(C)OCC(c2ccccc2)(c2ccccc2)O1. The molecule has 0 aromatic heterocycles. The summed E-state index contributed by atoms with van der Waals surface area (Å²) in [5.41, 5.74) is 1.75. The third-order valence-electron chi connectivity index (χ3n) is 3.52. The van der Waals surface area contributed by atoms with Gasteiger partial charge in [-0.05, 0) is 25.0 Å².